The quantitative estimate of drug-likeness (QED) is 0.478. The summed E-state index contributed by atoms with van der Waals surface area (Å²) < 4.78 is 0. The van der Waals surface area contributed by atoms with Crippen LogP contribution >= 0.6 is 0 Å². The summed E-state index contributed by atoms with van der Waals surface area (Å²) in [6, 6.07) is 0. The second kappa shape index (κ2) is 7.31. The van der Waals surface area contributed by atoms with Crippen LogP contribution in [0, 0.1) is 0 Å². The van der Waals surface area contributed by atoms with Gasteiger partial charge in [-0.15, -0.1) is 0 Å². The van der Waals surface area contributed by atoms with E-state index in [4.69, 9.17) is 0 Å². The summed E-state index contributed by atoms with van der Waals surface area (Å²) in [5.74, 6) is 0.0854. The Kier molecular flexibility index (Phi) is 6.73. The molecule has 1 heteroatoms. The lowest BCUT2D eigenvalue weighted by Crippen LogP contribution is -1.88. The number of ketones is 1. The molecule has 0 fully saturated rings. The fourth-order valence-electron chi connectivity index (χ4n) is 1.12. The number of allylic oxidation sites excluding steroid dienone is 6. The van der Waals surface area contributed by atoms with E-state index in [1.807, 2.05) is 13.8 Å². The zero-order valence-electron chi connectivity index (χ0n) is 9.63. The highest BCUT2D eigenvalue weighted by Gasteiger charge is 1.93. The Bertz CT molecular complexity index is 263. The maximum absolute atomic E-state index is 11.2. The molecule has 0 spiro atoms. The Morgan fingerprint density at radius 3 is 2.36 bits per heavy atom. The minimum absolute atomic E-state index is 0.0854. The monoisotopic (exact) mass is 192 g/mol. The molecule has 0 saturated heterocycles. The molecular formula is C13H20O. The molecule has 0 aliphatic carbocycles. The summed E-state index contributed by atoms with van der Waals surface area (Å²) in [4.78, 5) is 11.2. The molecule has 0 bridgehead atoms. The lowest BCUT2D eigenvalue weighted by Gasteiger charge is -1.96. The second-order valence-corrected chi connectivity index (χ2v) is 3.71. The van der Waals surface area contributed by atoms with Crippen molar-refractivity contribution in [3.63, 3.8) is 0 Å². The van der Waals surface area contributed by atoms with Crippen LogP contribution in [0.5, 0.6) is 0 Å². The molecule has 0 atom stereocenters. The van der Waals surface area contributed by atoms with Crippen LogP contribution in [-0.4, -0.2) is 5.78 Å². The SMILES string of the molecule is CC=CC(=O)/C=C(/C)CCC=C(C)C. The van der Waals surface area contributed by atoms with E-state index in [2.05, 4.69) is 19.9 Å². The van der Waals surface area contributed by atoms with E-state index >= 15 is 0 Å². The third kappa shape index (κ3) is 7.53. The molecule has 0 heterocycles. The summed E-state index contributed by atoms with van der Waals surface area (Å²) >= 11 is 0. The van der Waals surface area contributed by atoms with Crippen molar-refractivity contribution in [1.29, 1.82) is 0 Å². The first-order valence-corrected chi connectivity index (χ1v) is 5.03. The van der Waals surface area contributed by atoms with Gasteiger partial charge in [0.05, 0.1) is 0 Å². The molecule has 0 aromatic rings. The maximum Gasteiger partial charge on any atom is 0.178 e. The van der Waals surface area contributed by atoms with Crippen LogP contribution in [0.25, 0.3) is 0 Å². The fourth-order valence-corrected chi connectivity index (χ4v) is 1.12. The topological polar surface area (TPSA) is 17.1 Å². The minimum Gasteiger partial charge on any atom is -0.290 e. The van der Waals surface area contributed by atoms with Crippen LogP contribution in [0.3, 0.4) is 0 Å². The highest BCUT2D eigenvalue weighted by Crippen LogP contribution is 2.06. The van der Waals surface area contributed by atoms with Crippen molar-refractivity contribution < 1.29 is 4.79 Å². The van der Waals surface area contributed by atoms with Gasteiger partial charge in [0.2, 0.25) is 0 Å². The van der Waals surface area contributed by atoms with Gasteiger partial charge in [-0.3, -0.25) is 4.79 Å². The summed E-state index contributed by atoms with van der Waals surface area (Å²) in [6.07, 6.45) is 9.24. The largest absolute Gasteiger partial charge is 0.290 e. The molecule has 1 nitrogen and oxygen atoms in total. The molecule has 0 radical (unpaired) electrons. The van der Waals surface area contributed by atoms with Crippen LogP contribution in [-0.2, 0) is 4.79 Å². The van der Waals surface area contributed by atoms with Gasteiger partial charge in [-0.1, -0.05) is 23.3 Å². The zero-order valence-corrected chi connectivity index (χ0v) is 9.63. The van der Waals surface area contributed by atoms with Crippen molar-refractivity contribution in [1.82, 2.24) is 0 Å². The standard InChI is InChI=1S/C13H20O/c1-5-7-13(14)10-12(4)9-6-8-11(2)3/h5,7-8,10H,6,9H2,1-4H3/b7-5?,12-10-. The highest BCUT2D eigenvalue weighted by molar-refractivity contribution is 5.99. The predicted molar refractivity (Wildman–Crippen MR) is 62.2 cm³/mol. The van der Waals surface area contributed by atoms with E-state index in [0.29, 0.717) is 0 Å². The third-order valence-electron chi connectivity index (χ3n) is 1.81. The molecule has 0 unspecified atom stereocenters. The molecule has 0 aromatic carbocycles. The number of rotatable bonds is 5. The smallest absolute Gasteiger partial charge is 0.178 e. The van der Waals surface area contributed by atoms with Crippen LogP contribution in [0.4, 0.5) is 0 Å². The Hall–Kier alpha value is -1.11. The van der Waals surface area contributed by atoms with Gasteiger partial charge in [-0.2, -0.15) is 0 Å². The van der Waals surface area contributed by atoms with Gasteiger partial charge in [0.15, 0.2) is 5.78 Å². The summed E-state index contributed by atoms with van der Waals surface area (Å²) in [6.45, 7) is 8.03. The predicted octanol–water partition coefficient (Wildman–Crippen LogP) is 3.82. The number of hydrogen-bond donors (Lipinski definition) is 0. The van der Waals surface area contributed by atoms with E-state index in [0.717, 1.165) is 18.4 Å². The molecule has 0 aromatic heterocycles. The Morgan fingerprint density at radius 1 is 1.21 bits per heavy atom. The van der Waals surface area contributed by atoms with E-state index in [1.54, 1.807) is 18.2 Å². The summed E-state index contributed by atoms with van der Waals surface area (Å²) in [5, 5.41) is 0. The van der Waals surface area contributed by atoms with Crippen LogP contribution < -0.4 is 0 Å². The van der Waals surface area contributed by atoms with E-state index in [-0.39, 0.29) is 5.78 Å². The first-order chi connectivity index (χ1) is 6.56. The second-order valence-electron chi connectivity index (χ2n) is 3.71. The van der Waals surface area contributed by atoms with Crippen molar-refractivity contribution in [2.24, 2.45) is 0 Å². The Labute approximate surface area is 87.2 Å². The van der Waals surface area contributed by atoms with Gasteiger partial charge in [-0.25, -0.2) is 0 Å². The van der Waals surface area contributed by atoms with Crippen LogP contribution in [0.1, 0.15) is 40.5 Å². The van der Waals surface area contributed by atoms with Gasteiger partial charge in [-0.05, 0) is 52.7 Å². The lowest BCUT2D eigenvalue weighted by atomic mass is 10.1. The highest BCUT2D eigenvalue weighted by atomic mass is 16.1. The average Bonchev–Trinajstić information content (AvgIpc) is 2.03. The fraction of sp³-hybridized carbons (Fsp3) is 0.462. The van der Waals surface area contributed by atoms with Gasteiger partial charge >= 0.3 is 0 Å². The first kappa shape index (κ1) is 12.9. The molecule has 0 aliphatic heterocycles. The van der Waals surface area contributed by atoms with E-state index in [1.165, 1.54) is 5.57 Å². The number of hydrogen-bond acceptors (Lipinski definition) is 1. The molecule has 0 saturated carbocycles. The van der Waals surface area contributed by atoms with Crippen molar-refractivity contribution in [3.05, 3.63) is 35.5 Å². The van der Waals surface area contributed by atoms with Gasteiger partial charge in [0, 0.05) is 0 Å². The summed E-state index contributed by atoms with van der Waals surface area (Å²) in [5.41, 5.74) is 2.48. The van der Waals surface area contributed by atoms with Crippen molar-refractivity contribution in [2.45, 2.75) is 40.5 Å². The van der Waals surface area contributed by atoms with Crippen molar-refractivity contribution in [3.8, 4) is 0 Å². The normalized spacial score (nSPS) is 11.9. The lowest BCUT2D eigenvalue weighted by molar-refractivity contribution is -0.110. The van der Waals surface area contributed by atoms with Gasteiger partial charge < -0.3 is 0 Å². The van der Waals surface area contributed by atoms with Crippen LogP contribution in [0.2, 0.25) is 0 Å². The molecule has 78 valence electrons. The first-order valence-electron chi connectivity index (χ1n) is 5.03. The molecule has 0 rings (SSSR count). The Balaban J connectivity index is 4.01. The Morgan fingerprint density at radius 2 is 1.86 bits per heavy atom. The molecule has 14 heavy (non-hydrogen) atoms. The van der Waals surface area contributed by atoms with Crippen LogP contribution in [0.15, 0.2) is 35.5 Å². The maximum atomic E-state index is 11.2. The van der Waals surface area contributed by atoms with Gasteiger partial charge in [0.1, 0.15) is 0 Å². The summed E-state index contributed by atoms with van der Waals surface area (Å²) in [7, 11) is 0. The number of carbonyl (C=O) groups is 1. The molecule has 0 amide bonds. The van der Waals surface area contributed by atoms with E-state index in [9.17, 15) is 4.79 Å². The average molecular weight is 192 g/mol. The number of carbonyl (C=O) groups excluding carboxylic acids is 1. The van der Waals surface area contributed by atoms with Gasteiger partial charge in [0.25, 0.3) is 0 Å². The molecule has 0 N–H and O–H groups in total. The van der Waals surface area contributed by atoms with E-state index < -0.39 is 0 Å². The van der Waals surface area contributed by atoms with Crippen molar-refractivity contribution >= 4 is 5.78 Å². The van der Waals surface area contributed by atoms with Crippen molar-refractivity contribution in [2.75, 3.05) is 0 Å². The molecular weight excluding hydrogens is 172 g/mol. The minimum atomic E-state index is 0.0854. The third-order valence-corrected chi connectivity index (χ3v) is 1.81. The molecule has 0 aliphatic rings. The zero-order chi connectivity index (χ0) is 11.0.